The first-order valence-corrected chi connectivity index (χ1v) is 5.54. The molecular formula is C11H14BrFO3. The van der Waals surface area contributed by atoms with Crippen molar-refractivity contribution in [3.05, 3.63) is 34.1 Å². The van der Waals surface area contributed by atoms with Gasteiger partial charge in [-0.15, -0.1) is 0 Å². The van der Waals surface area contributed by atoms with Crippen LogP contribution in [0.4, 0.5) is 4.39 Å². The molecule has 5 heteroatoms. The first kappa shape index (κ1) is 13.6. The molecule has 0 saturated heterocycles. The van der Waals surface area contributed by atoms with Gasteiger partial charge in [-0.25, -0.2) is 4.39 Å². The SMILES string of the molecule is COC(OC)C(O)Cc1cc(F)cc(Br)c1. The number of aliphatic hydroxyl groups excluding tert-OH is 1. The Bertz CT molecular complexity index is 322. The van der Waals surface area contributed by atoms with E-state index in [1.54, 1.807) is 6.07 Å². The second-order valence-electron chi connectivity index (χ2n) is 3.39. The van der Waals surface area contributed by atoms with Crippen LogP contribution in [0.3, 0.4) is 0 Å². The van der Waals surface area contributed by atoms with E-state index in [0.29, 0.717) is 10.0 Å². The van der Waals surface area contributed by atoms with Crippen LogP contribution in [-0.2, 0) is 15.9 Å². The highest BCUT2D eigenvalue weighted by molar-refractivity contribution is 9.10. The molecule has 90 valence electrons. The van der Waals surface area contributed by atoms with Crippen LogP contribution in [-0.4, -0.2) is 31.7 Å². The number of methoxy groups -OCH3 is 2. The number of ether oxygens (including phenoxy) is 2. The molecule has 0 aliphatic heterocycles. The topological polar surface area (TPSA) is 38.7 Å². The van der Waals surface area contributed by atoms with Gasteiger partial charge in [0.15, 0.2) is 6.29 Å². The summed E-state index contributed by atoms with van der Waals surface area (Å²) < 4.78 is 23.5. The Kier molecular flexibility index (Phi) is 5.34. The average Bonchev–Trinajstić information content (AvgIpc) is 2.17. The monoisotopic (exact) mass is 292 g/mol. The standard InChI is InChI=1S/C11H14BrFO3/c1-15-11(16-2)10(14)5-7-3-8(12)6-9(13)4-7/h3-4,6,10-11,14H,5H2,1-2H3. The van der Waals surface area contributed by atoms with Crippen LogP contribution in [0.2, 0.25) is 0 Å². The van der Waals surface area contributed by atoms with E-state index in [1.165, 1.54) is 26.4 Å². The molecule has 0 fully saturated rings. The van der Waals surface area contributed by atoms with Crippen LogP contribution < -0.4 is 0 Å². The first-order valence-electron chi connectivity index (χ1n) is 4.75. The molecule has 0 spiro atoms. The van der Waals surface area contributed by atoms with Gasteiger partial charge in [0.2, 0.25) is 0 Å². The summed E-state index contributed by atoms with van der Waals surface area (Å²) in [5.74, 6) is -0.344. The molecule has 1 aromatic carbocycles. The van der Waals surface area contributed by atoms with Crippen molar-refractivity contribution >= 4 is 15.9 Å². The summed E-state index contributed by atoms with van der Waals surface area (Å²) in [6.45, 7) is 0. The fraction of sp³-hybridized carbons (Fsp3) is 0.455. The van der Waals surface area contributed by atoms with Crippen molar-refractivity contribution in [1.82, 2.24) is 0 Å². The van der Waals surface area contributed by atoms with Crippen molar-refractivity contribution in [1.29, 1.82) is 0 Å². The summed E-state index contributed by atoms with van der Waals surface area (Å²) in [6.07, 6.45) is -1.27. The van der Waals surface area contributed by atoms with E-state index in [1.807, 2.05) is 0 Å². The van der Waals surface area contributed by atoms with E-state index < -0.39 is 12.4 Å². The first-order chi connectivity index (χ1) is 7.56. The van der Waals surface area contributed by atoms with E-state index in [9.17, 15) is 9.50 Å². The minimum atomic E-state index is -0.830. The van der Waals surface area contributed by atoms with E-state index in [4.69, 9.17) is 9.47 Å². The number of rotatable bonds is 5. The molecule has 0 aliphatic rings. The molecular weight excluding hydrogens is 279 g/mol. The molecule has 1 aromatic rings. The largest absolute Gasteiger partial charge is 0.387 e. The van der Waals surface area contributed by atoms with E-state index in [-0.39, 0.29) is 12.2 Å². The fourth-order valence-electron chi connectivity index (χ4n) is 1.48. The molecule has 1 N–H and O–H groups in total. The van der Waals surface area contributed by atoms with Gasteiger partial charge in [-0.05, 0) is 23.8 Å². The predicted octanol–water partition coefficient (Wildman–Crippen LogP) is 2.11. The summed E-state index contributed by atoms with van der Waals surface area (Å²) in [6, 6.07) is 4.48. The van der Waals surface area contributed by atoms with Gasteiger partial charge in [0.1, 0.15) is 11.9 Å². The van der Waals surface area contributed by atoms with E-state index in [2.05, 4.69) is 15.9 Å². The zero-order chi connectivity index (χ0) is 12.1. The fourth-order valence-corrected chi connectivity index (χ4v) is 1.99. The molecule has 0 saturated carbocycles. The molecule has 0 amide bonds. The highest BCUT2D eigenvalue weighted by atomic mass is 79.9. The zero-order valence-corrected chi connectivity index (χ0v) is 10.7. The number of halogens is 2. The summed E-state index contributed by atoms with van der Waals surface area (Å²) in [5.41, 5.74) is 0.679. The highest BCUT2D eigenvalue weighted by Gasteiger charge is 2.18. The van der Waals surface area contributed by atoms with Gasteiger partial charge in [-0.1, -0.05) is 15.9 Å². The van der Waals surface area contributed by atoms with Gasteiger partial charge in [0.05, 0.1) is 0 Å². The van der Waals surface area contributed by atoms with Gasteiger partial charge in [-0.2, -0.15) is 0 Å². The zero-order valence-electron chi connectivity index (χ0n) is 9.11. The van der Waals surface area contributed by atoms with Crippen molar-refractivity contribution < 1.29 is 19.0 Å². The van der Waals surface area contributed by atoms with Gasteiger partial charge >= 0.3 is 0 Å². The number of hydrogen-bond acceptors (Lipinski definition) is 3. The Hall–Kier alpha value is -0.490. The summed E-state index contributed by atoms with van der Waals surface area (Å²) in [5, 5.41) is 9.76. The van der Waals surface area contributed by atoms with Gasteiger partial charge in [-0.3, -0.25) is 0 Å². The molecule has 1 rings (SSSR count). The van der Waals surface area contributed by atoms with Gasteiger partial charge in [0.25, 0.3) is 0 Å². The summed E-state index contributed by atoms with van der Waals surface area (Å²) >= 11 is 3.19. The maximum atomic E-state index is 13.1. The lowest BCUT2D eigenvalue weighted by molar-refractivity contribution is -0.163. The predicted molar refractivity (Wildman–Crippen MR) is 61.6 cm³/mol. The molecule has 0 heterocycles. The maximum absolute atomic E-state index is 13.1. The highest BCUT2D eigenvalue weighted by Crippen LogP contribution is 2.17. The van der Waals surface area contributed by atoms with Crippen LogP contribution in [0.1, 0.15) is 5.56 Å². The summed E-state index contributed by atoms with van der Waals surface area (Å²) in [7, 11) is 2.89. The second-order valence-corrected chi connectivity index (χ2v) is 4.30. The van der Waals surface area contributed by atoms with Crippen molar-refractivity contribution in [3.8, 4) is 0 Å². The molecule has 3 nitrogen and oxygen atoms in total. The van der Waals surface area contributed by atoms with Crippen LogP contribution >= 0.6 is 15.9 Å². The molecule has 1 unspecified atom stereocenters. The normalized spacial score (nSPS) is 13.1. The Morgan fingerprint density at radius 3 is 2.44 bits per heavy atom. The van der Waals surface area contributed by atoms with Gasteiger partial charge < -0.3 is 14.6 Å². The van der Waals surface area contributed by atoms with Crippen molar-refractivity contribution in [2.75, 3.05) is 14.2 Å². The third kappa shape index (κ3) is 3.83. The Morgan fingerprint density at radius 2 is 1.94 bits per heavy atom. The van der Waals surface area contributed by atoms with Gasteiger partial charge in [0, 0.05) is 25.1 Å². The number of benzene rings is 1. The molecule has 0 bridgehead atoms. The van der Waals surface area contributed by atoms with Crippen LogP contribution in [0.15, 0.2) is 22.7 Å². The lowest BCUT2D eigenvalue weighted by Crippen LogP contribution is -2.31. The van der Waals surface area contributed by atoms with E-state index >= 15 is 0 Å². The lowest BCUT2D eigenvalue weighted by Gasteiger charge is -2.19. The molecule has 1 atom stereocenters. The average molecular weight is 293 g/mol. The maximum Gasteiger partial charge on any atom is 0.183 e. The number of hydrogen-bond donors (Lipinski definition) is 1. The van der Waals surface area contributed by atoms with Crippen LogP contribution in [0, 0.1) is 5.82 Å². The Labute approximate surface area is 102 Å². The van der Waals surface area contributed by atoms with Crippen molar-refractivity contribution in [2.24, 2.45) is 0 Å². The quantitative estimate of drug-likeness (QED) is 0.845. The second kappa shape index (κ2) is 6.30. The molecule has 0 radical (unpaired) electrons. The Balaban J connectivity index is 2.72. The van der Waals surface area contributed by atoms with Crippen LogP contribution in [0.25, 0.3) is 0 Å². The molecule has 0 aliphatic carbocycles. The van der Waals surface area contributed by atoms with Crippen molar-refractivity contribution in [3.63, 3.8) is 0 Å². The lowest BCUT2D eigenvalue weighted by atomic mass is 10.1. The molecule has 0 aromatic heterocycles. The third-order valence-electron chi connectivity index (χ3n) is 2.15. The number of aliphatic hydroxyl groups is 1. The smallest absolute Gasteiger partial charge is 0.183 e. The van der Waals surface area contributed by atoms with Crippen LogP contribution in [0.5, 0.6) is 0 Å². The minimum Gasteiger partial charge on any atom is -0.387 e. The minimum absolute atomic E-state index is 0.267. The van der Waals surface area contributed by atoms with Crippen molar-refractivity contribution in [2.45, 2.75) is 18.8 Å². The third-order valence-corrected chi connectivity index (χ3v) is 2.60. The molecule has 16 heavy (non-hydrogen) atoms. The summed E-state index contributed by atoms with van der Waals surface area (Å²) in [4.78, 5) is 0. The van der Waals surface area contributed by atoms with E-state index in [0.717, 1.165) is 0 Å². The Morgan fingerprint density at radius 1 is 1.31 bits per heavy atom.